The van der Waals surface area contributed by atoms with Crippen molar-refractivity contribution < 1.29 is 9.53 Å². The fourth-order valence-electron chi connectivity index (χ4n) is 1.50. The van der Waals surface area contributed by atoms with E-state index in [9.17, 15) is 4.79 Å². The number of aryl methyl sites for hydroxylation is 1. The first-order chi connectivity index (χ1) is 9.20. The molecule has 2 rings (SSSR count). The molecule has 0 aliphatic rings. The number of ether oxygens (including phenoxy) is 1. The molecule has 2 heterocycles. The van der Waals surface area contributed by atoms with Crippen molar-refractivity contribution in [2.24, 2.45) is 0 Å². The number of aromatic nitrogens is 3. The van der Waals surface area contributed by atoms with Gasteiger partial charge in [-0.05, 0) is 24.1 Å². The van der Waals surface area contributed by atoms with Gasteiger partial charge in [-0.1, -0.05) is 0 Å². The van der Waals surface area contributed by atoms with E-state index >= 15 is 0 Å². The van der Waals surface area contributed by atoms with Crippen LogP contribution in [0.4, 0.5) is 5.82 Å². The molecule has 6 heteroatoms. The van der Waals surface area contributed by atoms with Gasteiger partial charge < -0.3 is 10.1 Å². The molecular weight excluding hydrogens is 244 g/mol. The summed E-state index contributed by atoms with van der Waals surface area (Å²) in [5.41, 5.74) is 2.42. The van der Waals surface area contributed by atoms with Crippen LogP contribution >= 0.6 is 0 Å². The molecule has 6 nitrogen and oxygen atoms in total. The van der Waals surface area contributed by atoms with Gasteiger partial charge >= 0.3 is 5.97 Å². The van der Waals surface area contributed by atoms with Gasteiger partial charge in [0.05, 0.1) is 19.5 Å². The summed E-state index contributed by atoms with van der Waals surface area (Å²) in [7, 11) is 1.31. The SMILES string of the molecule is COC(=O)c1cnc(NCc2cnccc2C)cn1. The number of rotatable bonds is 4. The number of nitrogens with one attached hydrogen (secondary N) is 1. The van der Waals surface area contributed by atoms with Crippen LogP contribution in [0.15, 0.2) is 30.9 Å². The van der Waals surface area contributed by atoms with Gasteiger partial charge in [-0.25, -0.2) is 14.8 Å². The fraction of sp³-hybridized carbons (Fsp3) is 0.231. The molecule has 0 bridgehead atoms. The van der Waals surface area contributed by atoms with Gasteiger partial charge in [-0.15, -0.1) is 0 Å². The molecule has 0 atom stereocenters. The summed E-state index contributed by atoms with van der Waals surface area (Å²) in [5.74, 6) is 0.0954. The maximum atomic E-state index is 11.2. The Bertz CT molecular complexity index is 569. The molecule has 0 unspecified atom stereocenters. The van der Waals surface area contributed by atoms with Crippen LogP contribution in [0.25, 0.3) is 0 Å². The number of anilines is 1. The Hall–Kier alpha value is -2.50. The molecule has 0 aliphatic heterocycles. The molecule has 1 N–H and O–H groups in total. The molecule has 0 fully saturated rings. The second-order valence-electron chi connectivity index (χ2n) is 3.93. The highest BCUT2D eigenvalue weighted by Gasteiger charge is 2.07. The van der Waals surface area contributed by atoms with E-state index in [1.807, 2.05) is 13.0 Å². The van der Waals surface area contributed by atoms with Crippen molar-refractivity contribution in [1.29, 1.82) is 0 Å². The summed E-state index contributed by atoms with van der Waals surface area (Å²) in [6, 6.07) is 1.95. The van der Waals surface area contributed by atoms with Crippen molar-refractivity contribution in [2.45, 2.75) is 13.5 Å². The van der Waals surface area contributed by atoms with Gasteiger partial charge in [0.2, 0.25) is 0 Å². The zero-order chi connectivity index (χ0) is 13.7. The second-order valence-corrected chi connectivity index (χ2v) is 3.93. The minimum absolute atomic E-state index is 0.186. The average molecular weight is 258 g/mol. The molecule has 0 saturated carbocycles. The van der Waals surface area contributed by atoms with Crippen molar-refractivity contribution in [3.63, 3.8) is 0 Å². The number of nitrogens with zero attached hydrogens (tertiary/aromatic N) is 3. The minimum atomic E-state index is -0.498. The van der Waals surface area contributed by atoms with Gasteiger partial charge in [0.1, 0.15) is 5.82 Å². The highest BCUT2D eigenvalue weighted by atomic mass is 16.5. The topological polar surface area (TPSA) is 77.0 Å². The minimum Gasteiger partial charge on any atom is -0.464 e. The Kier molecular flexibility index (Phi) is 4.02. The van der Waals surface area contributed by atoms with E-state index in [-0.39, 0.29) is 5.69 Å². The monoisotopic (exact) mass is 258 g/mol. The highest BCUT2D eigenvalue weighted by molar-refractivity contribution is 5.86. The zero-order valence-electron chi connectivity index (χ0n) is 10.8. The first-order valence-electron chi connectivity index (χ1n) is 5.74. The van der Waals surface area contributed by atoms with Crippen molar-refractivity contribution in [1.82, 2.24) is 15.0 Å². The van der Waals surface area contributed by atoms with Gasteiger partial charge in [0, 0.05) is 18.9 Å². The van der Waals surface area contributed by atoms with Crippen LogP contribution in [-0.2, 0) is 11.3 Å². The quantitative estimate of drug-likeness (QED) is 0.839. The first kappa shape index (κ1) is 12.9. The lowest BCUT2D eigenvalue weighted by atomic mass is 10.2. The molecule has 0 radical (unpaired) electrons. The molecule has 2 aromatic heterocycles. The van der Waals surface area contributed by atoms with Gasteiger partial charge in [-0.2, -0.15) is 0 Å². The fourth-order valence-corrected chi connectivity index (χ4v) is 1.50. The van der Waals surface area contributed by atoms with Gasteiger partial charge in [0.25, 0.3) is 0 Å². The number of carbonyl (C=O) groups excluding carboxylic acids is 1. The van der Waals surface area contributed by atoms with Crippen LogP contribution in [0, 0.1) is 6.92 Å². The Morgan fingerprint density at radius 3 is 2.79 bits per heavy atom. The number of esters is 1. The standard InChI is InChI=1S/C13H14N4O2/c1-9-3-4-14-5-10(9)6-16-12-8-15-11(7-17-12)13(18)19-2/h3-5,7-8H,6H2,1-2H3,(H,16,17). The van der Waals surface area contributed by atoms with E-state index in [0.717, 1.165) is 11.1 Å². The van der Waals surface area contributed by atoms with Crippen LogP contribution < -0.4 is 5.32 Å². The van der Waals surface area contributed by atoms with Gasteiger partial charge in [-0.3, -0.25) is 4.98 Å². The number of hydrogen-bond acceptors (Lipinski definition) is 6. The second kappa shape index (κ2) is 5.90. The molecule has 0 spiro atoms. The molecule has 0 aromatic carbocycles. The molecule has 19 heavy (non-hydrogen) atoms. The summed E-state index contributed by atoms with van der Waals surface area (Å²) in [6.45, 7) is 2.62. The van der Waals surface area contributed by atoms with Crippen LogP contribution in [0.1, 0.15) is 21.6 Å². The van der Waals surface area contributed by atoms with Gasteiger partial charge in [0.15, 0.2) is 5.69 Å². The van der Waals surface area contributed by atoms with Crippen molar-refractivity contribution in [3.05, 3.63) is 47.7 Å². The summed E-state index contributed by atoms with van der Waals surface area (Å²) < 4.78 is 4.55. The van der Waals surface area contributed by atoms with E-state index in [2.05, 4.69) is 25.0 Å². The third-order valence-electron chi connectivity index (χ3n) is 2.65. The molecule has 0 aliphatic carbocycles. The summed E-state index contributed by atoms with van der Waals surface area (Å²) in [5, 5.41) is 3.12. The molecule has 0 saturated heterocycles. The smallest absolute Gasteiger partial charge is 0.358 e. The molecular formula is C13H14N4O2. The molecule has 98 valence electrons. The van der Waals surface area contributed by atoms with E-state index in [1.54, 1.807) is 12.4 Å². The third-order valence-corrected chi connectivity index (χ3v) is 2.65. The van der Waals surface area contributed by atoms with E-state index in [0.29, 0.717) is 12.4 Å². The summed E-state index contributed by atoms with van der Waals surface area (Å²) >= 11 is 0. The maximum Gasteiger partial charge on any atom is 0.358 e. The Morgan fingerprint density at radius 1 is 1.32 bits per heavy atom. The average Bonchev–Trinajstić information content (AvgIpc) is 2.46. The first-order valence-corrected chi connectivity index (χ1v) is 5.74. The van der Waals surface area contributed by atoms with E-state index < -0.39 is 5.97 Å². The Labute approximate surface area is 110 Å². The van der Waals surface area contributed by atoms with Crippen molar-refractivity contribution in [3.8, 4) is 0 Å². The number of methoxy groups -OCH3 is 1. The van der Waals surface area contributed by atoms with Crippen molar-refractivity contribution >= 4 is 11.8 Å². The lowest BCUT2D eigenvalue weighted by Crippen LogP contribution is -2.07. The number of carbonyl (C=O) groups is 1. The predicted molar refractivity (Wildman–Crippen MR) is 69.7 cm³/mol. The lowest BCUT2D eigenvalue weighted by molar-refractivity contribution is 0.0593. The number of hydrogen-bond donors (Lipinski definition) is 1. The number of pyridine rings is 1. The van der Waals surface area contributed by atoms with Crippen molar-refractivity contribution in [2.75, 3.05) is 12.4 Å². The highest BCUT2D eigenvalue weighted by Crippen LogP contribution is 2.08. The third kappa shape index (κ3) is 3.25. The van der Waals surface area contributed by atoms with Crippen LogP contribution in [0.3, 0.4) is 0 Å². The van der Waals surface area contributed by atoms with E-state index in [4.69, 9.17) is 0 Å². The zero-order valence-corrected chi connectivity index (χ0v) is 10.8. The Morgan fingerprint density at radius 2 is 2.16 bits per heavy atom. The molecule has 0 amide bonds. The lowest BCUT2D eigenvalue weighted by Gasteiger charge is -2.07. The molecule has 2 aromatic rings. The predicted octanol–water partition coefficient (Wildman–Crippen LogP) is 1.58. The summed E-state index contributed by atoms with van der Waals surface area (Å²) in [6.07, 6.45) is 6.44. The largest absolute Gasteiger partial charge is 0.464 e. The maximum absolute atomic E-state index is 11.2. The normalized spacial score (nSPS) is 10.0. The van der Waals surface area contributed by atoms with Crippen LogP contribution in [0.5, 0.6) is 0 Å². The van der Waals surface area contributed by atoms with Crippen LogP contribution in [-0.4, -0.2) is 28.0 Å². The van der Waals surface area contributed by atoms with Crippen LogP contribution in [0.2, 0.25) is 0 Å². The van der Waals surface area contributed by atoms with E-state index in [1.165, 1.54) is 19.5 Å². The Balaban J connectivity index is 2.01. The summed E-state index contributed by atoms with van der Waals surface area (Å²) in [4.78, 5) is 23.3.